The van der Waals surface area contributed by atoms with Crippen LogP contribution in [-0.4, -0.2) is 61.4 Å². The van der Waals surface area contributed by atoms with Crippen LogP contribution in [0.1, 0.15) is 22.3 Å². The molecule has 0 spiro atoms. The minimum atomic E-state index is -0.373. The number of piperazine rings is 1. The fourth-order valence-electron chi connectivity index (χ4n) is 3.33. The Morgan fingerprint density at radius 1 is 1.13 bits per heavy atom. The molecule has 1 aliphatic heterocycles. The van der Waals surface area contributed by atoms with Crippen LogP contribution >= 0.6 is 11.6 Å². The topological polar surface area (TPSA) is 61.9 Å². The summed E-state index contributed by atoms with van der Waals surface area (Å²) in [5.74, 6) is -0.127. The van der Waals surface area contributed by atoms with Crippen LogP contribution < -0.4 is 10.1 Å². The van der Waals surface area contributed by atoms with Crippen molar-refractivity contribution in [2.75, 3.05) is 45.2 Å². The van der Waals surface area contributed by atoms with E-state index < -0.39 is 0 Å². The largest absolute Gasteiger partial charge is 0.495 e. The predicted octanol–water partition coefficient (Wildman–Crippen LogP) is 3.58. The summed E-state index contributed by atoms with van der Waals surface area (Å²) < 4.78 is 19.0. The van der Waals surface area contributed by atoms with Crippen molar-refractivity contribution >= 4 is 29.1 Å². The number of hydrogen-bond acceptors (Lipinski definition) is 4. The molecule has 0 aromatic heterocycles. The minimum absolute atomic E-state index is 0.135. The highest BCUT2D eigenvalue weighted by atomic mass is 35.5. The van der Waals surface area contributed by atoms with Crippen molar-refractivity contribution in [1.82, 2.24) is 9.80 Å². The van der Waals surface area contributed by atoms with Crippen LogP contribution in [0.4, 0.5) is 10.1 Å². The molecule has 2 aromatic rings. The maximum absolute atomic E-state index is 13.7. The number of carbonyl (C=O) groups excluding carboxylic acids is 2. The number of rotatable bonds is 6. The van der Waals surface area contributed by atoms with Gasteiger partial charge in [0.05, 0.1) is 12.8 Å². The average Bonchev–Trinajstić information content (AvgIpc) is 2.74. The molecule has 1 fully saturated rings. The van der Waals surface area contributed by atoms with Crippen LogP contribution in [-0.2, 0) is 4.79 Å². The maximum Gasteiger partial charge on any atom is 0.254 e. The van der Waals surface area contributed by atoms with Crippen LogP contribution in [0, 0.1) is 12.7 Å². The molecule has 0 saturated carbocycles. The molecule has 8 heteroatoms. The first-order valence-electron chi connectivity index (χ1n) is 9.78. The highest BCUT2D eigenvalue weighted by Gasteiger charge is 2.23. The zero-order chi connectivity index (χ0) is 21.7. The van der Waals surface area contributed by atoms with Crippen LogP contribution in [0.2, 0.25) is 5.02 Å². The molecule has 0 atom stereocenters. The second-order valence-corrected chi connectivity index (χ2v) is 7.68. The third-order valence-corrected chi connectivity index (χ3v) is 5.40. The molecule has 0 bridgehead atoms. The number of halogens is 2. The van der Waals surface area contributed by atoms with E-state index in [-0.39, 0.29) is 17.6 Å². The molecule has 0 unspecified atom stereocenters. The fourth-order valence-corrected chi connectivity index (χ4v) is 3.51. The maximum atomic E-state index is 13.7. The van der Waals surface area contributed by atoms with Gasteiger partial charge in [-0.25, -0.2) is 4.39 Å². The zero-order valence-corrected chi connectivity index (χ0v) is 17.8. The van der Waals surface area contributed by atoms with Gasteiger partial charge < -0.3 is 15.0 Å². The number of ether oxygens (including phenoxy) is 1. The van der Waals surface area contributed by atoms with Gasteiger partial charge in [-0.3, -0.25) is 14.5 Å². The Bertz CT molecular complexity index is 930. The smallest absolute Gasteiger partial charge is 0.254 e. The van der Waals surface area contributed by atoms with E-state index in [9.17, 15) is 14.0 Å². The van der Waals surface area contributed by atoms with Gasteiger partial charge in [-0.15, -0.1) is 0 Å². The third-order valence-electron chi connectivity index (χ3n) is 5.17. The molecule has 2 amide bonds. The standard InChI is InChI=1S/C22H25ClFN3O3/c1-15-3-4-16(13-18(15)24)22(29)27-11-9-26(10-12-27)8-7-21(28)25-19-14-17(23)5-6-20(19)30-2/h3-6,13-14H,7-12H2,1-2H3,(H,25,28). The summed E-state index contributed by atoms with van der Waals surface area (Å²) in [6, 6.07) is 9.61. The fraction of sp³-hybridized carbons (Fsp3) is 0.364. The van der Waals surface area contributed by atoms with E-state index in [4.69, 9.17) is 16.3 Å². The Labute approximate surface area is 180 Å². The monoisotopic (exact) mass is 433 g/mol. The lowest BCUT2D eigenvalue weighted by atomic mass is 10.1. The third kappa shape index (κ3) is 5.49. The van der Waals surface area contributed by atoms with Crippen molar-refractivity contribution < 1.29 is 18.7 Å². The molecule has 0 radical (unpaired) electrons. The van der Waals surface area contributed by atoms with Gasteiger partial charge in [0.1, 0.15) is 11.6 Å². The first-order chi connectivity index (χ1) is 14.4. The number of amides is 2. The second-order valence-electron chi connectivity index (χ2n) is 7.24. The summed E-state index contributed by atoms with van der Waals surface area (Å²) in [4.78, 5) is 28.7. The van der Waals surface area contributed by atoms with Crippen LogP contribution in [0.15, 0.2) is 36.4 Å². The molecular formula is C22H25ClFN3O3. The average molecular weight is 434 g/mol. The first kappa shape index (κ1) is 22.1. The van der Waals surface area contributed by atoms with E-state index in [0.717, 1.165) is 0 Å². The predicted molar refractivity (Wildman–Crippen MR) is 115 cm³/mol. The van der Waals surface area contributed by atoms with E-state index >= 15 is 0 Å². The molecule has 6 nitrogen and oxygen atoms in total. The highest BCUT2D eigenvalue weighted by molar-refractivity contribution is 6.31. The van der Waals surface area contributed by atoms with E-state index in [1.165, 1.54) is 13.2 Å². The van der Waals surface area contributed by atoms with Crippen LogP contribution in [0.3, 0.4) is 0 Å². The number of aryl methyl sites for hydroxylation is 1. The summed E-state index contributed by atoms with van der Waals surface area (Å²) in [7, 11) is 1.53. The van der Waals surface area contributed by atoms with Gasteiger partial charge in [0.25, 0.3) is 5.91 Å². The Balaban J connectivity index is 1.47. The molecule has 3 rings (SSSR count). The van der Waals surface area contributed by atoms with Gasteiger partial charge in [0.2, 0.25) is 5.91 Å². The molecule has 2 aromatic carbocycles. The van der Waals surface area contributed by atoms with Gasteiger partial charge in [-0.05, 0) is 42.8 Å². The Morgan fingerprint density at radius 3 is 2.53 bits per heavy atom. The van der Waals surface area contributed by atoms with Crippen molar-refractivity contribution in [3.8, 4) is 5.75 Å². The van der Waals surface area contributed by atoms with Crippen LogP contribution in [0.25, 0.3) is 0 Å². The van der Waals surface area contributed by atoms with Gasteiger partial charge in [0, 0.05) is 49.7 Å². The minimum Gasteiger partial charge on any atom is -0.495 e. The van der Waals surface area contributed by atoms with Gasteiger partial charge in [0.15, 0.2) is 0 Å². The Hall–Kier alpha value is -2.64. The molecule has 160 valence electrons. The van der Waals surface area contributed by atoms with Gasteiger partial charge in [-0.1, -0.05) is 17.7 Å². The molecule has 1 saturated heterocycles. The number of nitrogens with zero attached hydrogens (tertiary/aromatic N) is 2. The molecule has 0 aliphatic carbocycles. The lowest BCUT2D eigenvalue weighted by molar-refractivity contribution is -0.116. The van der Waals surface area contributed by atoms with Crippen molar-refractivity contribution in [1.29, 1.82) is 0 Å². The molecular weight excluding hydrogens is 409 g/mol. The number of nitrogens with one attached hydrogen (secondary N) is 1. The van der Waals surface area contributed by atoms with Crippen molar-refractivity contribution in [2.24, 2.45) is 0 Å². The summed E-state index contributed by atoms with van der Waals surface area (Å²) >= 11 is 5.99. The highest BCUT2D eigenvalue weighted by Crippen LogP contribution is 2.27. The van der Waals surface area contributed by atoms with Gasteiger partial charge in [-0.2, -0.15) is 0 Å². The number of carbonyl (C=O) groups is 2. The lowest BCUT2D eigenvalue weighted by Gasteiger charge is -2.34. The van der Waals surface area contributed by atoms with E-state index in [1.54, 1.807) is 42.2 Å². The molecule has 30 heavy (non-hydrogen) atoms. The van der Waals surface area contributed by atoms with Gasteiger partial charge >= 0.3 is 0 Å². The second kappa shape index (κ2) is 9.91. The summed E-state index contributed by atoms with van der Waals surface area (Å²) in [5.41, 5.74) is 1.42. The van der Waals surface area contributed by atoms with Crippen molar-refractivity contribution in [2.45, 2.75) is 13.3 Å². The van der Waals surface area contributed by atoms with Crippen molar-refractivity contribution in [3.05, 3.63) is 58.4 Å². The Morgan fingerprint density at radius 2 is 1.87 bits per heavy atom. The van der Waals surface area contributed by atoms with E-state index in [2.05, 4.69) is 10.2 Å². The zero-order valence-electron chi connectivity index (χ0n) is 17.1. The van der Waals surface area contributed by atoms with Crippen molar-refractivity contribution in [3.63, 3.8) is 0 Å². The summed E-state index contributed by atoms with van der Waals surface area (Å²) in [6.45, 7) is 4.65. The first-order valence-corrected chi connectivity index (χ1v) is 10.2. The SMILES string of the molecule is COc1ccc(Cl)cc1NC(=O)CCN1CCN(C(=O)c2ccc(C)c(F)c2)CC1. The number of anilines is 1. The summed E-state index contributed by atoms with van der Waals surface area (Å²) in [5, 5.41) is 3.34. The lowest BCUT2D eigenvalue weighted by Crippen LogP contribution is -2.49. The summed E-state index contributed by atoms with van der Waals surface area (Å²) in [6.07, 6.45) is 0.312. The quantitative estimate of drug-likeness (QED) is 0.756. The number of benzene rings is 2. The Kier molecular flexibility index (Phi) is 7.29. The van der Waals surface area contributed by atoms with E-state index in [1.807, 2.05) is 0 Å². The van der Waals surface area contributed by atoms with E-state index in [0.29, 0.717) is 66.7 Å². The molecule has 1 aliphatic rings. The normalized spacial score (nSPS) is 14.5. The molecule has 1 heterocycles. The van der Waals surface area contributed by atoms with Crippen LogP contribution in [0.5, 0.6) is 5.75 Å². The molecule has 1 N–H and O–H groups in total. The number of methoxy groups -OCH3 is 1. The number of hydrogen-bond donors (Lipinski definition) is 1.